The van der Waals surface area contributed by atoms with Gasteiger partial charge in [-0.25, -0.2) is 9.67 Å². The molecule has 19 heavy (non-hydrogen) atoms. The average Bonchev–Trinajstić information content (AvgIpc) is 2.88. The molecule has 0 saturated heterocycles. The van der Waals surface area contributed by atoms with Crippen LogP contribution in [-0.4, -0.2) is 14.8 Å². The number of aromatic nitrogens is 3. The maximum Gasteiger partial charge on any atom is 0.153 e. The van der Waals surface area contributed by atoms with Gasteiger partial charge in [-0.2, -0.15) is 5.10 Å². The summed E-state index contributed by atoms with van der Waals surface area (Å²) >= 11 is 12.0. The largest absolute Gasteiger partial charge is 0.237 e. The van der Waals surface area contributed by atoms with Crippen LogP contribution < -0.4 is 0 Å². The van der Waals surface area contributed by atoms with E-state index < -0.39 is 0 Å². The number of nitrogens with zero attached hydrogens (tertiary/aromatic N) is 3. The van der Waals surface area contributed by atoms with Crippen molar-refractivity contribution in [2.75, 3.05) is 0 Å². The Morgan fingerprint density at radius 3 is 2.42 bits per heavy atom. The van der Waals surface area contributed by atoms with Crippen molar-refractivity contribution in [3.63, 3.8) is 0 Å². The Bertz CT molecular complexity index is 687. The number of hydrogen-bond acceptors (Lipinski definition) is 2. The highest BCUT2D eigenvalue weighted by Crippen LogP contribution is 2.27. The Kier molecular flexibility index (Phi) is 3.23. The molecule has 0 aliphatic carbocycles. The molecule has 94 valence electrons. The highest BCUT2D eigenvalue weighted by molar-refractivity contribution is 6.35. The summed E-state index contributed by atoms with van der Waals surface area (Å²) in [5.41, 5.74) is 1.87. The molecule has 0 aliphatic heterocycles. The van der Waals surface area contributed by atoms with E-state index in [9.17, 15) is 0 Å². The Morgan fingerprint density at radius 2 is 1.74 bits per heavy atom. The van der Waals surface area contributed by atoms with Crippen LogP contribution in [0.4, 0.5) is 0 Å². The summed E-state index contributed by atoms with van der Waals surface area (Å²) in [5, 5.41) is 5.50. The monoisotopic (exact) mass is 289 g/mol. The van der Waals surface area contributed by atoms with E-state index in [0.29, 0.717) is 10.0 Å². The second-order valence-corrected chi connectivity index (χ2v) is 4.89. The van der Waals surface area contributed by atoms with Gasteiger partial charge < -0.3 is 0 Å². The molecule has 0 spiro atoms. The van der Waals surface area contributed by atoms with E-state index in [0.717, 1.165) is 16.9 Å². The van der Waals surface area contributed by atoms with E-state index in [2.05, 4.69) is 10.1 Å². The smallest absolute Gasteiger partial charge is 0.153 e. The molecule has 0 bridgehead atoms. The molecule has 3 rings (SSSR count). The van der Waals surface area contributed by atoms with Crippen LogP contribution in [0.15, 0.2) is 55.0 Å². The molecular formula is C14H9Cl2N3. The number of hydrogen-bond donors (Lipinski definition) is 0. The molecule has 0 atom stereocenters. The number of halogens is 2. The maximum atomic E-state index is 6.00. The minimum Gasteiger partial charge on any atom is -0.237 e. The van der Waals surface area contributed by atoms with Gasteiger partial charge in [0.25, 0.3) is 0 Å². The summed E-state index contributed by atoms with van der Waals surface area (Å²) in [4.78, 5) is 4.24. The second kappa shape index (κ2) is 5.03. The summed E-state index contributed by atoms with van der Waals surface area (Å²) < 4.78 is 1.71. The van der Waals surface area contributed by atoms with Gasteiger partial charge in [0.1, 0.15) is 0 Å². The molecule has 1 aromatic carbocycles. The minimum absolute atomic E-state index is 0.605. The Morgan fingerprint density at radius 1 is 0.947 bits per heavy atom. The summed E-state index contributed by atoms with van der Waals surface area (Å²) in [6, 6.07) is 11.1. The lowest BCUT2D eigenvalue weighted by atomic mass is 10.1. The SMILES string of the molecule is Clc1cc(Cl)cc(-c2cnn(-c3ccccn3)c2)c1. The van der Waals surface area contributed by atoms with Crippen molar-refractivity contribution in [2.24, 2.45) is 0 Å². The van der Waals surface area contributed by atoms with Crippen molar-refractivity contribution >= 4 is 23.2 Å². The zero-order chi connectivity index (χ0) is 13.2. The van der Waals surface area contributed by atoms with Gasteiger partial charge in [0.05, 0.1) is 6.20 Å². The van der Waals surface area contributed by atoms with E-state index in [1.165, 1.54) is 0 Å². The van der Waals surface area contributed by atoms with Gasteiger partial charge in [-0.1, -0.05) is 29.3 Å². The number of pyridine rings is 1. The van der Waals surface area contributed by atoms with Crippen LogP contribution in [0.5, 0.6) is 0 Å². The van der Waals surface area contributed by atoms with Gasteiger partial charge >= 0.3 is 0 Å². The van der Waals surface area contributed by atoms with Crippen molar-refractivity contribution in [3.8, 4) is 16.9 Å². The average molecular weight is 290 g/mol. The first-order valence-electron chi connectivity index (χ1n) is 5.65. The first kappa shape index (κ1) is 12.2. The predicted molar refractivity (Wildman–Crippen MR) is 76.8 cm³/mol. The lowest BCUT2D eigenvalue weighted by molar-refractivity contribution is 0.847. The molecular weight excluding hydrogens is 281 g/mol. The van der Waals surface area contributed by atoms with Gasteiger partial charge in [0.15, 0.2) is 5.82 Å². The molecule has 0 fully saturated rings. The van der Waals surface area contributed by atoms with Crippen LogP contribution in [0, 0.1) is 0 Å². The first-order valence-corrected chi connectivity index (χ1v) is 6.40. The topological polar surface area (TPSA) is 30.7 Å². The quantitative estimate of drug-likeness (QED) is 0.706. The van der Waals surface area contributed by atoms with Crippen molar-refractivity contribution < 1.29 is 0 Å². The van der Waals surface area contributed by atoms with E-state index in [-0.39, 0.29) is 0 Å². The zero-order valence-electron chi connectivity index (χ0n) is 9.79. The minimum atomic E-state index is 0.605. The summed E-state index contributed by atoms with van der Waals surface area (Å²) in [6.07, 6.45) is 5.38. The molecule has 3 nitrogen and oxygen atoms in total. The van der Waals surface area contributed by atoms with Gasteiger partial charge in [-0.15, -0.1) is 0 Å². The van der Waals surface area contributed by atoms with Crippen LogP contribution >= 0.6 is 23.2 Å². The third-order valence-electron chi connectivity index (χ3n) is 2.66. The number of benzene rings is 1. The van der Waals surface area contributed by atoms with E-state index >= 15 is 0 Å². The Hall–Kier alpha value is -1.84. The molecule has 0 aliphatic rings. The van der Waals surface area contributed by atoms with E-state index in [1.807, 2.05) is 36.5 Å². The fourth-order valence-corrected chi connectivity index (χ4v) is 2.33. The van der Waals surface area contributed by atoms with Crippen LogP contribution in [0.1, 0.15) is 0 Å². The molecule has 0 saturated carbocycles. The number of rotatable bonds is 2. The highest BCUT2D eigenvalue weighted by Gasteiger charge is 2.05. The predicted octanol–water partition coefficient (Wildman–Crippen LogP) is 4.24. The van der Waals surface area contributed by atoms with Gasteiger partial charge in [0, 0.05) is 28.0 Å². The normalized spacial score (nSPS) is 10.6. The van der Waals surface area contributed by atoms with Crippen LogP contribution in [0.3, 0.4) is 0 Å². The molecule has 0 radical (unpaired) electrons. The molecule has 0 N–H and O–H groups in total. The molecule has 2 heterocycles. The Labute approximate surface area is 120 Å². The summed E-state index contributed by atoms with van der Waals surface area (Å²) in [5.74, 6) is 0.766. The second-order valence-electron chi connectivity index (χ2n) is 4.02. The van der Waals surface area contributed by atoms with Crippen LogP contribution in [-0.2, 0) is 0 Å². The van der Waals surface area contributed by atoms with E-state index in [1.54, 1.807) is 23.1 Å². The fraction of sp³-hybridized carbons (Fsp3) is 0. The molecule has 3 aromatic rings. The maximum absolute atomic E-state index is 6.00. The Balaban J connectivity index is 2.02. The van der Waals surface area contributed by atoms with Crippen molar-refractivity contribution in [1.82, 2.24) is 14.8 Å². The van der Waals surface area contributed by atoms with Gasteiger partial charge in [-0.3, -0.25) is 0 Å². The third-order valence-corrected chi connectivity index (χ3v) is 3.10. The zero-order valence-corrected chi connectivity index (χ0v) is 11.3. The van der Waals surface area contributed by atoms with E-state index in [4.69, 9.17) is 23.2 Å². The first-order chi connectivity index (χ1) is 9.22. The van der Waals surface area contributed by atoms with Crippen molar-refractivity contribution in [2.45, 2.75) is 0 Å². The standard InChI is InChI=1S/C14H9Cl2N3/c15-12-5-10(6-13(16)7-12)11-8-18-19(9-11)14-3-1-2-4-17-14/h1-9H. The van der Waals surface area contributed by atoms with Crippen molar-refractivity contribution in [3.05, 3.63) is 65.0 Å². The van der Waals surface area contributed by atoms with Gasteiger partial charge in [0.2, 0.25) is 0 Å². The summed E-state index contributed by atoms with van der Waals surface area (Å²) in [7, 11) is 0. The molecule has 5 heteroatoms. The van der Waals surface area contributed by atoms with Gasteiger partial charge in [-0.05, 0) is 35.9 Å². The molecule has 0 unspecified atom stereocenters. The summed E-state index contributed by atoms with van der Waals surface area (Å²) in [6.45, 7) is 0. The molecule has 2 aromatic heterocycles. The van der Waals surface area contributed by atoms with Crippen molar-refractivity contribution in [1.29, 1.82) is 0 Å². The lowest BCUT2D eigenvalue weighted by Crippen LogP contribution is -1.95. The van der Waals surface area contributed by atoms with Crippen LogP contribution in [0.2, 0.25) is 10.0 Å². The molecule has 0 amide bonds. The highest BCUT2D eigenvalue weighted by atomic mass is 35.5. The third kappa shape index (κ3) is 2.62. The fourth-order valence-electron chi connectivity index (χ4n) is 1.81. The van der Waals surface area contributed by atoms with Crippen LogP contribution in [0.25, 0.3) is 16.9 Å². The lowest BCUT2D eigenvalue weighted by Gasteiger charge is -2.00.